The molecule has 0 unspecified atom stereocenters. The SMILES string of the molecule is COC1CCN(CC2(COc3nc(N4CCC[C@@](C)(O)C4)c4cc(F)c(-c5cc(O)cc6cccc(Cl)c56)c(F)c4n3)CC2)CC1. The molecule has 2 aliphatic heterocycles. The Morgan fingerprint density at radius 1 is 1.07 bits per heavy atom. The van der Waals surface area contributed by atoms with Crippen molar-refractivity contribution < 1.29 is 28.5 Å². The fourth-order valence-electron chi connectivity index (χ4n) is 7.20. The molecule has 0 radical (unpaired) electrons. The molecule has 11 heteroatoms. The van der Waals surface area contributed by atoms with Crippen molar-refractivity contribution in [3.63, 3.8) is 0 Å². The summed E-state index contributed by atoms with van der Waals surface area (Å²) < 4.78 is 44.6. The maximum absolute atomic E-state index is 16.7. The van der Waals surface area contributed by atoms with Crippen molar-refractivity contribution in [2.45, 2.75) is 57.2 Å². The van der Waals surface area contributed by atoms with Gasteiger partial charge in [0.05, 0.1) is 23.9 Å². The molecule has 1 atom stereocenters. The second-order valence-electron chi connectivity index (χ2n) is 13.6. The Labute approximate surface area is 271 Å². The van der Waals surface area contributed by atoms with Gasteiger partial charge in [-0.05, 0) is 75.1 Å². The third kappa shape index (κ3) is 6.08. The van der Waals surface area contributed by atoms with E-state index in [1.165, 1.54) is 18.2 Å². The summed E-state index contributed by atoms with van der Waals surface area (Å²) in [5.74, 6) is -1.57. The van der Waals surface area contributed by atoms with Crippen LogP contribution in [0.25, 0.3) is 32.8 Å². The molecule has 2 N–H and O–H groups in total. The van der Waals surface area contributed by atoms with E-state index in [0.29, 0.717) is 53.7 Å². The fraction of sp³-hybridized carbons (Fsp3) is 0.486. The highest BCUT2D eigenvalue weighted by atomic mass is 35.5. The number of hydrogen-bond donors (Lipinski definition) is 2. The van der Waals surface area contributed by atoms with E-state index in [2.05, 4.69) is 9.88 Å². The Morgan fingerprint density at radius 2 is 1.85 bits per heavy atom. The van der Waals surface area contributed by atoms with Crippen molar-refractivity contribution in [2.75, 3.05) is 51.3 Å². The zero-order valence-corrected chi connectivity index (χ0v) is 26.9. The first-order chi connectivity index (χ1) is 22.0. The number of β-amino-alcohol motifs (C(OH)–C–C–N with tert-alkyl or cyclic N) is 1. The molecule has 1 aromatic heterocycles. The number of anilines is 1. The molecule has 1 saturated carbocycles. The van der Waals surface area contributed by atoms with Crippen LogP contribution in [-0.4, -0.2) is 83.2 Å². The van der Waals surface area contributed by atoms with Crippen LogP contribution in [0.5, 0.6) is 11.8 Å². The normalized spacial score (nSPS) is 22.1. The number of benzene rings is 3. The summed E-state index contributed by atoms with van der Waals surface area (Å²) in [4.78, 5) is 13.5. The van der Waals surface area contributed by atoms with Crippen molar-refractivity contribution >= 4 is 39.1 Å². The minimum absolute atomic E-state index is 0.00680. The van der Waals surface area contributed by atoms with E-state index >= 15 is 8.78 Å². The van der Waals surface area contributed by atoms with Gasteiger partial charge in [0, 0.05) is 66.6 Å². The number of piperidine rings is 2. The third-order valence-electron chi connectivity index (χ3n) is 9.89. The number of methoxy groups -OCH3 is 1. The maximum Gasteiger partial charge on any atom is 0.319 e. The quantitative estimate of drug-likeness (QED) is 0.217. The summed E-state index contributed by atoms with van der Waals surface area (Å²) in [6.45, 7) is 5.77. The van der Waals surface area contributed by atoms with Crippen LogP contribution in [0.15, 0.2) is 36.4 Å². The van der Waals surface area contributed by atoms with Crippen LogP contribution in [0, 0.1) is 17.0 Å². The smallest absolute Gasteiger partial charge is 0.319 e. The lowest BCUT2D eigenvalue weighted by Gasteiger charge is -2.38. The minimum atomic E-state index is -0.987. The summed E-state index contributed by atoms with van der Waals surface area (Å²) in [5, 5.41) is 22.8. The van der Waals surface area contributed by atoms with Crippen LogP contribution in [0.1, 0.15) is 45.4 Å². The van der Waals surface area contributed by atoms with Gasteiger partial charge < -0.3 is 29.5 Å². The molecule has 1 aliphatic carbocycles. The minimum Gasteiger partial charge on any atom is -0.508 e. The largest absolute Gasteiger partial charge is 0.508 e. The van der Waals surface area contributed by atoms with E-state index in [4.69, 9.17) is 26.1 Å². The van der Waals surface area contributed by atoms with Gasteiger partial charge >= 0.3 is 6.01 Å². The second-order valence-corrected chi connectivity index (χ2v) is 14.0. The van der Waals surface area contributed by atoms with E-state index in [9.17, 15) is 10.2 Å². The number of nitrogens with zero attached hydrogens (tertiary/aromatic N) is 4. The van der Waals surface area contributed by atoms with Crippen molar-refractivity contribution in [1.82, 2.24) is 14.9 Å². The Kier molecular flexibility index (Phi) is 8.20. The zero-order valence-electron chi connectivity index (χ0n) is 26.2. The van der Waals surface area contributed by atoms with Crippen LogP contribution in [-0.2, 0) is 4.74 Å². The number of phenolic OH excluding ortho intramolecular Hbond substituents is 1. The first-order valence-electron chi connectivity index (χ1n) is 16.0. The molecule has 3 heterocycles. The Balaban J connectivity index is 1.29. The van der Waals surface area contributed by atoms with Gasteiger partial charge in [-0.2, -0.15) is 9.97 Å². The standard InChI is InChI=1S/C35H39ClF2N4O4/c1-34(44)9-4-12-42(18-34)32-25-17-27(37)29(24-16-22(43)15-21-5-3-6-26(36)28(21)24)30(38)31(25)39-33(40-32)46-20-35(10-11-35)19-41-13-7-23(45-2)8-14-41/h3,5-6,15-17,23,43-44H,4,7-14,18-20H2,1-2H3/t34-/m1/s1. The van der Waals surface area contributed by atoms with E-state index in [-0.39, 0.29) is 45.7 Å². The molecule has 7 rings (SSSR count). The topological polar surface area (TPSA) is 91.2 Å². The van der Waals surface area contributed by atoms with Gasteiger partial charge in [0.25, 0.3) is 0 Å². The number of hydrogen-bond acceptors (Lipinski definition) is 8. The highest BCUT2D eigenvalue weighted by Gasteiger charge is 2.45. The lowest BCUT2D eigenvalue weighted by Crippen LogP contribution is -2.46. The van der Waals surface area contributed by atoms with Gasteiger partial charge in [-0.15, -0.1) is 0 Å². The monoisotopic (exact) mass is 652 g/mol. The number of aromatic nitrogens is 2. The molecule has 0 amide bonds. The summed E-state index contributed by atoms with van der Waals surface area (Å²) in [7, 11) is 1.76. The number of phenols is 1. The van der Waals surface area contributed by atoms with Crippen LogP contribution in [0.3, 0.4) is 0 Å². The lowest BCUT2D eigenvalue weighted by atomic mass is 9.94. The van der Waals surface area contributed by atoms with Gasteiger partial charge in [0.2, 0.25) is 0 Å². The van der Waals surface area contributed by atoms with Gasteiger partial charge in [-0.1, -0.05) is 23.7 Å². The van der Waals surface area contributed by atoms with E-state index in [1.807, 2.05) is 4.90 Å². The first kappa shape index (κ1) is 31.3. The number of halogens is 3. The lowest BCUT2D eigenvalue weighted by molar-refractivity contribution is 0.0312. The second kappa shape index (κ2) is 12.0. The number of aromatic hydroxyl groups is 1. The van der Waals surface area contributed by atoms with Crippen molar-refractivity contribution in [3.05, 3.63) is 53.1 Å². The predicted octanol–water partition coefficient (Wildman–Crippen LogP) is 6.71. The average molecular weight is 653 g/mol. The Morgan fingerprint density at radius 3 is 2.57 bits per heavy atom. The molecule has 3 aromatic carbocycles. The number of rotatable bonds is 8. The number of fused-ring (bicyclic) bond motifs is 2. The highest BCUT2D eigenvalue weighted by Crippen LogP contribution is 2.47. The predicted molar refractivity (Wildman–Crippen MR) is 175 cm³/mol. The van der Waals surface area contributed by atoms with Crippen molar-refractivity contribution in [1.29, 1.82) is 0 Å². The van der Waals surface area contributed by atoms with Crippen LogP contribution >= 0.6 is 11.6 Å². The van der Waals surface area contributed by atoms with Gasteiger partial charge in [-0.3, -0.25) is 0 Å². The molecule has 0 bridgehead atoms. The summed E-state index contributed by atoms with van der Waals surface area (Å²) in [6, 6.07) is 9.14. The molecule has 2 saturated heterocycles. The van der Waals surface area contributed by atoms with Gasteiger partial charge in [-0.25, -0.2) is 8.78 Å². The van der Waals surface area contributed by atoms with Crippen molar-refractivity contribution in [2.24, 2.45) is 5.41 Å². The van der Waals surface area contributed by atoms with E-state index in [0.717, 1.165) is 45.3 Å². The number of likely N-dealkylation sites (tertiary alicyclic amines) is 1. The average Bonchev–Trinajstić information content (AvgIpc) is 3.79. The summed E-state index contributed by atoms with van der Waals surface area (Å²) >= 11 is 6.53. The van der Waals surface area contributed by atoms with Gasteiger partial charge in [0.15, 0.2) is 5.82 Å². The molecular weight excluding hydrogens is 614 g/mol. The molecule has 3 aliphatic rings. The van der Waals surface area contributed by atoms with E-state index in [1.54, 1.807) is 32.2 Å². The van der Waals surface area contributed by atoms with Crippen molar-refractivity contribution in [3.8, 4) is 22.9 Å². The fourth-order valence-corrected chi connectivity index (χ4v) is 7.48. The highest BCUT2D eigenvalue weighted by molar-refractivity contribution is 6.36. The molecule has 46 heavy (non-hydrogen) atoms. The maximum atomic E-state index is 16.7. The molecule has 8 nitrogen and oxygen atoms in total. The molecular formula is C35H39ClF2N4O4. The zero-order chi connectivity index (χ0) is 32.2. The molecule has 0 spiro atoms. The Hall–Kier alpha value is -3.31. The number of ether oxygens (including phenoxy) is 2. The molecule has 244 valence electrons. The summed E-state index contributed by atoms with van der Waals surface area (Å²) in [6.07, 6.45) is 5.64. The van der Waals surface area contributed by atoms with Crippen LogP contribution in [0.2, 0.25) is 5.02 Å². The Bertz CT molecular complexity index is 1790. The van der Waals surface area contributed by atoms with E-state index < -0.39 is 17.2 Å². The first-order valence-corrected chi connectivity index (χ1v) is 16.4. The van der Waals surface area contributed by atoms with Crippen LogP contribution in [0.4, 0.5) is 14.6 Å². The molecule has 4 aromatic rings. The van der Waals surface area contributed by atoms with Gasteiger partial charge in [0.1, 0.15) is 22.9 Å². The molecule has 3 fully saturated rings. The third-order valence-corrected chi connectivity index (χ3v) is 10.2. The summed E-state index contributed by atoms with van der Waals surface area (Å²) in [5.41, 5.74) is -1.34. The number of aliphatic hydroxyl groups is 1. The van der Waals surface area contributed by atoms with Crippen LogP contribution < -0.4 is 9.64 Å².